The molecule has 5 nitrogen and oxygen atoms in total. The highest BCUT2D eigenvalue weighted by Gasteiger charge is 2.55. The van der Waals surface area contributed by atoms with E-state index in [0.717, 1.165) is 11.3 Å². The normalized spacial score (nSPS) is 28.9. The second-order valence-corrected chi connectivity index (χ2v) is 6.51. The van der Waals surface area contributed by atoms with Crippen molar-refractivity contribution in [2.24, 2.45) is 5.92 Å². The molecular formula is C18H24N2O3. The number of piperidine rings is 1. The van der Waals surface area contributed by atoms with E-state index >= 15 is 0 Å². The molecule has 23 heavy (non-hydrogen) atoms. The van der Waals surface area contributed by atoms with Gasteiger partial charge in [-0.3, -0.25) is 9.59 Å². The summed E-state index contributed by atoms with van der Waals surface area (Å²) in [5.74, 6) is -0.214. The van der Waals surface area contributed by atoms with Crippen LogP contribution in [-0.4, -0.2) is 47.5 Å². The maximum absolute atomic E-state index is 13.0. The molecule has 1 saturated heterocycles. The number of carbonyl (C=O) groups is 2. The van der Waals surface area contributed by atoms with Gasteiger partial charge in [-0.15, -0.1) is 0 Å². The highest BCUT2D eigenvalue weighted by atomic mass is 16.5. The van der Waals surface area contributed by atoms with E-state index in [4.69, 9.17) is 4.74 Å². The predicted octanol–water partition coefficient (Wildman–Crippen LogP) is 2.23. The van der Waals surface area contributed by atoms with Crippen molar-refractivity contribution in [3.05, 3.63) is 29.8 Å². The van der Waals surface area contributed by atoms with Gasteiger partial charge in [0, 0.05) is 32.5 Å². The predicted molar refractivity (Wildman–Crippen MR) is 87.0 cm³/mol. The third-order valence-electron chi connectivity index (χ3n) is 5.30. The Labute approximate surface area is 137 Å². The molecular weight excluding hydrogens is 292 g/mol. The Morgan fingerprint density at radius 2 is 2.00 bits per heavy atom. The second kappa shape index (κ2) is 5.55. The third kappa shape index (κ3) is 2.30. The number of likely N-dealkylation sites (tertiary alicyclic amines) is 1. The number of amides is 2. The SMILES string of the molecule is CCN(CC)C(=O)[C@H]1C(=O)N(C)[C@]2(C)C[C@@H]1c1ccccc1O2. The van der Waals surface area contributed by atoms with Gasteiger partial charge in [-0.05, 0) is 32.4 Å². The van der Waals surface area contributed by atoms with Crippen molar-refractivity contribution in [2.45, 2.75) is 38.8 Å². The standard InChI is InChI=1S/C18H24N2O3/c1-5-20(6-2)17(22)15-13-11-18(3,19(4)16(15)21)23-14-10-8-7-9-12(13)14/h7-10,13,15H,5-6,11H2,1-4H3/t13-,15-,18+/m1/s1. The number of nitrogens with zero attached hydrogens (tertiary/aromatic N) is 2. The van der Waals surface area contributed by atoms with Crippen LogP contribution in [0.25, 0.3) is 0 Å². The van der Waals surface area contributed by atoms with Crippen molar-refractivity contribution in [3.8, 4) is 5.75 Å². The molecule has 1 aromatic rings. The van der Waals surface area contributed by atoms with Crippen molar-refractivity contribution < 1.29 is 14.3 Å². The van der Waals surface area contributed by atoms with Crippen molar-refractivity contribution in [2.75, 3.05) is 20.1 Å². The lowest BCUT2D eigenvalue weighted by Crippen LogP contribution is -2.63. The van der Waals surface area contributed by atoms with E-state index < -0.39 is 11.6 Å². The molecule has 0 unspecified atom stereocenters. The number of fused-ring (bicyclic) bond motifs is 4. The van der Waals surface area contributed by atoms with Crippen molar-refractivity contribution in [1.29, 1.82) is 0 Å². The summed E-state index contributed by atoms with van der Waals surface area (Å²) < 4.78 is 6.09. The van der Waals surface area contributed by atoms with Gasteiger partial charge >= 0.3 is 0 Å². The first-order chi connectivity index (χ1) is 10.9. The van der Waals surface area contributed by atoms with E-state index in [0.29, 0.717) is 19.5 Å². The Hall–Kier alpha value is -2.04. The van der Waals surface area contributed by atoms with Gasteiger partial charge in [-0.1, -0.05) is 18.2 Å². The highest BCUT2D eigenvalue weighted by Crippen LogP contribution is 2.49. The lowest BCUT2D eigenvalue weighted by atomic mass is 9.73. The van der Waals surface area contributed by atoms with Crippen LogP contribution in [0.15, 0.2) is 24.3 Å². The Balaban J connectivity index is 2.08. The monoisotopic (exact) mass is 316 g/mol. The van der Waals surface area contributed by atoms with Crippen LogP contribution in [0.5, 0.6) is 5.75 Å². The minimum absolute atomic E-state index is 0.0735. The molecule has 2 heterocycles. The molecule has 2 aliphatic rings. The van der Waals surface area contributed by atoms with Crippen LogP contribution in [0, 0.1) is 5.92 Å². The van der Waals surface area contributed by atoms with Crippen LogP contribution in [0.3, 0.4) is 0 Å². The van der Waals surface area contributed by atoms with Crippen LogP contribution in [0.2, 0.25) is 0 Å². The molecule has 0 N–H and O–H groups in total. The molecule has 2 aliphatic heterocycles. The number of hydrogen-bond donors (Lipinski definition) is 0. The average Bonchev–Trinajstić information content (AvgIpc) is 2.54. The molecule has 1 aromatic carbocycles. The Kier molecular flexibility index (Phi) is 3.82. The largest absolute Gasteiger partial charge is 0.468 e. The summed E-state index contributed by atoms with van der Waals surface area (Å²) in [4.78, 5) is 29.2. The first-order valence-electron chi connectivity index (χ1n) is 8.27. The van der Waals surface area contributed by atoms with E-state index in [2.05, 4.69) is 0 Å². The van der Waals surface area contributed by atoms with E-state index in [-0.39, 0.29) is 17.7 Å². The fourth-order valence-corrected chi connectivity index (χ4v) is 3.80. The molecule has 2 amide bonds. The van der Waals surface area contributed by atoms with Crippen LogP contribution in [-0.2, 0) is 9.59 Å². The van der Waals surface area contributed by atoms with Gasteiger partial charge in [0.15, 0.2) is 5.72 Å². The van der Waals surface area contributed by atoms with Crippen molar-refractivity contribution in [1.82, 2.24) is 9.80 Å². The van der Waals surface area contributed by atoms with Crippen molar-refractivity contribution >= 4 is 11.8 Å². The maximum Gasteiger partial charge on any atom is 0.238 e. The quantitative estimate of drug-likeness (QED) is 0.804. The van der Waals surface area contributed by atoms with Crippen LogP contribution >= 0.6 is 0 Å². The van der Waals surface area contributed by atoms with Crippen molar-refractivity contribution in [3.63, 3.8) is 0 Å². The molecule has 3 rings (SSSR count). The van der Waals surface area contributed by atoms with Gasteiger partial charge in [-0.2, -0.15) is 0 Å². The number of benzene rings is 1. The summed E-state index contributed by atoms with van der Waals surface area (Å²) in [6.45, 7) is 7.04. The molecule has 3 atom stereocenters. The third-order valence-corrected chi connectivity index (χ3v) is 5.30. The summed E-state index contributed by atoms with van der Waals surface area (Å²) in [7, 11) is 1.73. The van der Waals surface area contributed by atoms with E-state index in [1.165, 1.54) is 0 Å². The van der Waals surface area contributed by atoms with E-state index in [1.54, 1.807) is 16.8 Å². The first-order valence-corrected chi connectivity index (χ1v) is 8.27. The van der Waals surface area contributed by atoms with Crippen LogP contribution in [0.1, 0.15) is 38.7 Å². The van der Waals surface area contributed by atoms with E-state index in [1.807, 2.05) is 45.0 Å². The van der Waals surface area contributed by atoms with Gasteiger partial charge in [0.05, 0.1) is 0 Å². The zero-order valence-electron chi connectivity index (χ0n) is 14.2. The van der Waals surface area contributed by atoms with Gasteiger partial charge in [0.25, 0.3) is 0 Å². The lowest BCUT2D eigenvalue weighted by Gasteiger charge is -2.52. The van der Waals surface area contributed by atoms with Crippen LogP contribution in [0.4, 0.5) is 0 Å². The molecule has 1 fully saturated rings. The highest BCUT2D eigenvalue weighted by molar-refractivity contribution is 6.02. The zero-order valence-corrected chi connectivity index (χ0v) is 14.2. The van der Waals surface area contributed by atoms with E-state index in [9.17, 15) is 9.59 Å². The smallest absolute Gasteiger partial charge is 0.238 e. The van der Waals surface area contributed by atoms with Crippen LogP contribution < -0.4 is 4.74 Å². The zero-order chi connectivity index (χ0) is 16.8. The molecule has 0 spiro atoms. The summed E-state index contributed by atoms with van der Waals surface area (Å²) in [6.07, 6.45) is 0.643. The van der Waals surface area contributed by atoms with Gasteiger partial charge in [0.1, 0.15) is 11.7 Å². The fourth-order valence-electron chi connectivity index (χ4n) is 3.80. The molecule has 124 valence electrons. The van der Waals surface area contributed by atoms with Gasteiger partial charge in [0.2, 0.25) is 11.8 Å². The minimum atomic E-state index is -0.684. The minimum Gasteiger partial charge on any atom is -0.468 e. The summed E-state index contributed by atoms with van der Waals surface area (Å²) >= 11 is 0. The number of para-hydroxylation sites is 1. The number of rotatable bonds is 3. The molecule has 0 radical (unpaired) electrons. The molecule has 2 bridgehead atoms. The first kappa shape index (κ1) is 15.8. The van der Waals surface area contributed by atoms with Gasteiger partial charge < -0.3 is 14.5 Å². The average molecular weight is 316 g/mol. The lowest BCUT2D eigenvalue weighted by molar-refractivity contribution is -0.174. The maximum atomic E-state index is 13.0. The second-order valence-electron chi connectivity index (χ2n) is 6.51. The Morgan fingerprint density at radius 3 is 2.65 bits per heavy atom. The summed E-state index contributed by atoms with van der Waals surface area (Å²) in [5.41, 5.74) is 0.285. The fraction of sp³-hybridized carbons (Fsp3) is 0.556. The van der Waals surface area contributed by atoms with Gasteiger partial charge in [-0.25, -0.2) is 0 Å². The summed E-state index contributed by atoms with van der Waals surface area (Å²) in [6, 6.07) is 7.75. The molecule has 0 saturated carbocycles. The number of hydrogen-bond acceptors (Lipinski definition) is 3. The molecule has 0 aliphatic carbocycles. The molecule has 0 aromatic heterocycles. The number of ether oxygens (including phenoxy) is 1. The Bertz CT molecular complexity index is 641. The number of carbonyl (C=O) groups excluding carboxylic acids is 2. The molecule has 5 heteroatoms. The summed E-state index contributed by atoms with van der Waals surface area (Å²) in [5, 5.41) is 0. The Morgan fingerprint density at radius 1 is 1.35 bits per heavy atom. The topological polar surface area (TPSA) is 49.9 Å².